The van der Waals surface area contributed by atoms with E-state index in [1.165, 1.54) is 50.3 Å². The predicted octanol–water partition coefficient (Wildman–Crippen LogP) is 2.96. The summed E-state index contributed by atoms with van der Waals surface area (Å²) in [4.78, 5) is 12.5. The number of carbonyl (C=O) groups excluding carboxylic acids is 1. The molecule has 4 aliphatic carbocycles. The average Bonchev–Trinajstić information content (AvgIpc) is 2.41. The van der Waals surface area contributed by atoms with Crippen LogP contribution in [0.25, 0.3) is 0 Å². The monoisotopic (exact) mass is 288 g/mol. The van der Waals surface area contributed by atoms with Crippen LogP contribution in [0.3, 0.4) is 0 Å². The summed E-state index contributed by atoms with van der Waals surface area (Å²) in [6.07, 6.45) is 6.44. The quantitative estimate of drug-likeness (QED) is 0.822. The maximum Gasteiger partial charge on any atom is 0.253 e. The Balaban J connectivity index is 1.52. The maximum atomic E-state index is 13.1. The fraction of sp³-hybridized carbons (Fsp3) is 0.588. The molecule has 3 nitrogen and oxygen atoms in total. The molecule has 4 bridgehead atoms. The third kappa shape index (κ3) is 2.21. The summed E-state index contributed by atoms with van der Waals surface area (Å²) < 4.78 is 13.1. The predicted molar refractivity (Wildman–Crippen MR) is 79.1 cm³/mol. The van der Waals surface area contributed by atoms with Crippen molar-refractivity contribution in [2.24, 2.45) is 23.7 Å². The van der Waals surface area contributed by atoms with E-state index in [0.717, 1.165) is 11.8 Å². The van der Waals surface area contributed by atoms with Gasteiger partial charge in [-0.05, 0) is 74.0 Å². The highest BCUT2D eigenvalue weighted by Gasteiger charge is 2.48. The van der Waals surface area contributed by atoms with E-state index in [0.29, 0.717) is 17.4 Å². The van der Waals surface area contributed by atoms with E-state index in [-0.39, 0.29) is 17.6 Å². The van der Waals surface area contributed by atoms with Crippen LogP contribution in [-0.2, 0) is 0 Å². The molecule has 0 spiro atoms. The van der Waals surface area contributed by atoms with Crippen molar-refractivity contribution < 1.29 is 9.18 Å². The van der Waals surface area contributed by atoms with Crippen molar-refractivity contribution in [1.29, 1.82) is 0 Å². The number of halogens is 1. The van der Waals surface area contributed by atoms with Gasteiger partial charge in [-0.3, -0.25) is 4.79 Å². The lowest BCUT2D eigenvalue weighted by molar-refractivity contribution is -0.0119. The number of nitrogens with one attached hydrogen (secondary N) is 1. The molecule has 1 amide bonds. The molecule has 0 aromatic heterocycles. The van der Waals surface area contributed by atoms with Crippen molar-refractivity contribution in [3.05, 3.63) is 29.6 Å². The number of hydrogen-bond acceptors (Lipinski definition) is 2. The smallest absolute Gasteiger partial charge is 0.253 e. The molecule has 0 unspecified atom stereocenters. The number of nitrogen functional groups attached to an aromatic ring is 1. The highest BCUT2D eigenvalue weighted by molar-refractivity contribution is 5.99. The van der Waals surface area contributed by atoms with Crippen LogP contribution in [0.2, 0.25) is 0 Å². The lowest BCUT2D eigenvalue weighted by Crippen LogP contribution is -2.55. The Morgan fingerprint density at radius 2 is 1.71 bits per heavy atom. The summed E-state index contributed by atoms with van der Waals surface area (Å²) >= 11 is 0. The van der Waals surface area contributed by atoms with Gasteiger partial charge in [0.25, 0.3) is 5.91 Å². The Bertz CT molecular complexity index is 558. The van der Waals surface area contributed by atoms with Crippen LogP contribution in [-0.4, -0.2) is 11.9 Å². The Kier molecular flexibility index (Phi) is 2.95. The van der Waals surface area contributed by atoms with Crippen molar-refractivity contribution in [3.63, 3.8) is 0 Å². The lowest BCUT2D eigenvalue weighted by atomic mass is 9.54. The van der Waals surface area contributed by atoms with Crippen molar-refractivity contribution in [2.45, 2.75) is 38.1 Å². The van der Waals surface area contributed by atoms with E-state index >= 15 is 0 Å². The van der Waals surface area contributed by atoms with Gasteiger partial charge in [-0.15, -0.1) is 0 Å². The molecule has 1 aromatic rings. The van der Waals surface area contributed by atoms with Gasteiger partial charge in [0, 0.05) is 11.7 Å². The van der Waals surface area contributed by atoms with Gasteiger partial charge in [-0.1, -0.05) is 0 Å². The largest absolute Gasteiger partial charge is 0.398 e. The van der Waals surface area contributed by atoms with Crippen LogP contribution >= 0.6 is 0 Å². The molecular weight excluding hydrogens is 267 g/mol. The molecule has 4 fully saturated rings. The zero-order valence-electron chi connectivity index (χ0n) is 12.0. The molecule has 4 heteroatoms. The topological polar surface area (TPSA) is 55.1 Å². The second kappa shape index (κ2) is 4.72. The van der Waals surface area contributed by atoms with Gasteiger partial charge in [0.15, 0.2) is 0 Å². The molecule has 0 saturated heterocycles. The average molecular weight is 288 g/mol. The van der Waals surface area contributed by atoms with Crippen LogP contribution < -0.4 is 11.1 Å². The minimum absolute atomic E-state index is 0.148. The van der Waals surface area contributed by atoms with E-state index in [1.807, 2.05) is 0 Å². The Morgan fingerprint density at radius 1 is 1.10 bits per heavy atom. The molecule has 0 atom stereocenters. The molecule has 4 aliphatic rings. The van der Waals surface area contributed by atoms with Crippen molar-refractivity contribution in [2.75, 3.05) is 5.73 Å². The zero-order chi connectivity index (χ0) is 14.6. The molecular formula is C17H21FN2O. The van der Waals surface area contributed by atoms with E-state index < -0.39 is 5.82 Å². The van der Waals surface area contributed by atoms with Gasteiger partial charge in [-0.2, -0.15) is 0 Å². The van der Waals surface area contributed by atoms with Crippen LogP contribution in [0.4, 0.5) is 10.1 Å². The Labute approximate surface area is 124 Å². The fourth-order valence-electron chi connectivity index (χ4n) is 5.13. The first kappa shape index (κ1) is 13.1. The molecule has 0 aliphatic heterocycles. The standard InChI is InChI=1S/C17H21FN2O/c18-13-1-2-14(15(19)8-13)17(21)20-16-11-4-9-3-10(6-11)7-12(16)5-9/h1-2,8-12,16H,3-7,19H2,(H,20,21). The van der Waals surface area contributed by atoms with Gasteiger partial charge < -0.3 is 11.1 Å². The number of hydrogen-bond donors (Lipinski definition) is 2. The fourth-order valence-corrected chi connectivity index (χ4v) is 5.13. The first-order valence-corrected chi connectivity index (χ1v) is 7.96. The van der Waals surface area contributed by atoms with Gasteiger partial charge in [0.1, 0.15) is 5.82 Å². The van der Waals surface area contributed by atoms with Crippen molar-refractivity contribution >= 4 is 11.6 Å². The second-order valence-electron chi connectivity index (χ2n) is 7.16. The molecule has 0 radical (unpaired) electrons. The van der Waals surface area contributed by atoms with Gasteiger partial charge in [0.2, 0.25) is 0 Å². The first-order chi connectivity index (χ1) is 10.1. The van der Waals surface area contributed by atoms with Gasteiger partial charge in [-0.25, -0.2) is 4.39 Å². The zero-order valence-corrected chi connectivity index (χ0v) is 12.0. The highest BCUT2D eigenvalue weighted by Crippen LogP contribution is 2.53. The number of anilines is 1. The number of nitrogens with two attached hydrogens (primary N) is 1. The molecule has 4 saturated carbocycles. The minimum Gasteiger partial charge on any atom is -0.398 e. The summed E-state index contributed by atoms with van der Waals surface area (Å²) in [5, 5.41) is 3.20. The van der Waals surface area contributed by atoms with Crippen LogP contribution in [0.15, 0.2) is 18.2 Å². The molecule has 21 heavy (non-hydrogen) atoms. The Morgan fingerprint density at radius 3 is 2.29 bits per heavy atom. The van der Waals surface area contributed by atoms with Crippen LogP contribution in [0.1, 0.15) is 42.5 Å². The second-order valence-corrected chi connectivity index (χ2v) is 7.16. The summed E-state index contributed by atoms with van der Waals surface area (Å²) in [6.45, 7) is 0. The van der Waals surface area contributed by atoms with Gasteiger partial charge >= 0.3 is 0 Å². The molecule has 1 aromatic carbocycles. The van der Waals surface area contributed by atoms with E-state index in [9.17, 15) is 9.18 Å². The van der Waals surface area contributed by atoms with Crippen molar-refractivity contribution in [3.8, 4) is 0 Å². The molecule has 5 rings (SSSR count). The summed E-state index contributed by atoms with van der Waals surface area (Å²) in [5.41, 5.74) is 6.38. The summed E-state index contributed by atoms with van der Waals surface area (Å²) in [6, 6.07) is 4.28. The summed E-state index contributed by atoms with van der Waals surface area (Å²) in [5.74, 6) is 2.48. The van der Waals surface area contributed by atoms with Crippen LogP contribution in [0.5, 0.6) is 0 Å². The Hall–Kier alpha value is -1.58. The minimum atomic E-state index is -0.404. The van der Waals surface area contributed by atoms with E-state index in [2.05, 4.69) is 5.32 Å². The lowest BCUT2D eigenvalue weighted by Gasteiger charge is -2.54. The van der Waals surface area contributed by atoms with Crippen LogP contribution in [0, 0.1) is 29.5 Å². The number of rotatable bonds is 2. The van der Waals surface area contributed by atoms with Gasteiger partial charge in [0.05, 0.1) is 5.56 Å². The van der Waals surface area contributed by atoms with E-state index in [1.54, 1.807) is 0 Å². The highest BCUT2D eigenvalue weighted by atomic mass is 19.1. The third-order valence-corrected chi connectivity index (χ3v) is 5.78. The number of amides is 1. The normalized spacial score (nSPS) is 36.7. The third-order valence-electron chi connectivity index (χ3n) is 5.78. The molecule has 3 N–H and O–H groups in total. The SMILES string of the molecule is Nc1cc(F)ccc1C(=O)NC1C2CC3CC(C2)CC1C3. The molecule has 112 valence electrons. The maximum absolute atomic E-state index is 13.1. The van der Waals surface area contributed by atoms with E-state index in [4.69, 9.17) is 5.73 Å². The number of benzene rings is 1. The van der Waals surface area contributed by atoms with Crippen molar-refractivity contribution in [1.82, 2.24) is 5.32 Å². The first-order valence-electron chi connectivity index (χ1n) is 7.96. The number of carbonyl (C=O) groups is 1. The molecule has 0 heterocycles. The summed E-state index contributed by atoms with van der Waals surface area (Å²) in [7, 11) is 0.